The Balaban J connectivity index is 1.70. The van der Waals surface area contributed by atoms with Crippen LogP contribution in [0.3, 0.4) is 0 Å². The lowest BCUT2D eigenvalue weighted by Crippen LogP contribution is -2.59. The summed E-state index contributed by atoms with van der Waals surface area (Å²) in [5.74, 6) is 0.0787. The van der Waals surface area contributed by atoms with E-state index in [9.17, 15) is 9.59 Å². The third-order valence-electron chi connectivity index (χ3n) is 5.94. The fourth-order valence-electron chi connectivity index (χ4n) is 4.54. The Morgan fingerprint density at radius 3 is 2.96 bits per heavy atom. The number of hydrogen-bond donors (Lipinski definition) is 1. The zero-order chi connectivity index (χ0) is 18.3. The lowest BCUT2D eigenvalue weighted by molar-refractivity contribution is -0.122. The van der Waals surface area contributed by atoms with Gasteiger partial charge in [-0.3, -0.25) is 9.59 Å². The average molecular weight is 354 g/mol. The van der Waals surface area contributed by atoms with E-state index in [4.69, 9.17) is 0 Å². The first-order valence-corrected chi connectivity index (χ1v) is 9.55. The molecule has 0 unspecified atom stereocenters. The summed E-state index contributed by atoms with van der Waals surface area (Å²) in [6, 6.07) is 5.90. The van der Waals surface area contributed by atoms with Crippen LogP contribution >= 0.6 is 0 Å². The van der Waals surface area contributed by atoms with Gasteiger partial charge in [0.05, 0.1) is 11.6 Å². The molecule has 2 aromatic rings. The van der Waals surface area contributed by atoms with E-state index in [-0.39, 0.29) is 23.4 Å². The van der Waals surface area contributed by atoms with Crippen molar-refractivity contribution in [2.24, 2.45) is 0 Å². The van der Waals surface area contributed by atoms with Crippen LogP contribution in [0.15, 0.2) is 24.4 Å². The number of pyridine rings is 1. The molecule has 2 amide bonds. The van der Waals surface area contributed by atoms with Crippen molar-refractivity contribution in [1.29, 1.82) is 0 Å². The molecule has 0 aromatic carbocycles. The van der Waals surface area contributed by atoms with E-state index in [1.165, 1.54) is 0 Å². The second kappa shape index (κ2) is 6.41. The highest BCUT2D eigenvalue weighted by atomic mass is 16.2. The van der Waals surface area contributed by atoms with Gasteiger partial charge in [0.15, 0.2) is 0 Å². The molecule has 0 radical (unpaired) electrons. The molecule has 0 bridgehead atoms. The van der Waals surface area contributed by atoms with Crippen LogP contribution in [0.25, 0.3) is 5.65 Å². The van der Waals surface area contributed by atoms with Crippen molar-refractivity contribution in [3.05, 3.63) is 35.8 Å². The van der Waals surface area contributed by atoms with Gasteiger partial charge in [-0.05, 0) is 58.1 Å². The number of aromatic nitrogens is 2. The highest BCUT2D eigenvalue weighted by Gasteiger charge is 2.44. The molecule has 2 saturated heterocycles. The van der Waals surface area contributed by atoms with Crippen LogP contribution in [-0.4, -0.2) is 44.2 Å². The van der Waals surface area contributed by atoms with E-state index in [1.807, 2.05) is 40.6 Å². The minimum atomic E-state index is -0.352. The number of amides is 2. The topological polar surface area (TPSA) is 66.7 Å². The zero-order valence-electron chi connectivity index (χ0n) is 15.5. The quantitative estimate of drug-likeness (QED) is 0.856. The van der Waals surface area contributed by atoms with E-state index in [1.54, 1.807) is 0 Å². The standard InChI is InChI=1S/C20H26N4O2/c1-14-7-5-9-17-21-15(13-24(14)17)19(26)23-12-4-3-11-20(2)16(23)8-6-10-18(25)22-20/h5,7,9,13,16H,3-4,6,8,10-12H2,1-2H3,(H,22,25)/t16-,20-/m0/s1. The normalized spacial score (nSPS) is 26.8. The monoisotopic (exact) mass is 354 g/mol. The van der Waals surface area contributed by atoms with Gasteiger partial charge in [0, 0.05) is 24.9 Å². The minimum Gasteiger partial charge on any atom is -0.349 e. The van der Waals surface area contributed by atoms with Gasteiger partial charge in [0.25, 0.3) is 5.91 Å². The van der Waals surface area contributed by atoms with Gasteiger partial charge in [0.1, 0.15) is 11.3 Å². The van der Waals surface area contributed by atoms with Crippen molar-refractivity contribution in [3.63, 3.8) is 0 Å². The van der Waals surface area contributed by atoms with Crippen molar-refractivity contribution in [2.75, 3.05) is 6.54 Å². The molecule has 0 saturated carbocycles. The van der Waals surface area contributed by atoms with Gasteiger partial charge in [0.2, 0.25) is 5.91 Å². The molecule has 138 valence electrons. The summed E-state index contributed by atoms with van der Waals surface area (Å²) < 4.78 is 1.96. The largest absolute Gasteiger partial charge is 0.349 e. The number of hydrogen-bond acceptors (Lipinski definition) is 3. The Bertz CT molecular complexity index is 859. The molecule has 2 fully saturated rings. The first-order valence-electron chi connectivity index (χ1n) is 9.55. The second-order valence-corrected chi connectivity index (χ2v) is 7.85. The van der Waals surface area contributed by atoms with Crippen molar-refractivity contribution in [3.8, 4) is 0 Å². The maximum absolute atomic E-state index is 13.4. The molecule has 4 rings (SSSR count). The van der Waals surface area contributed by atoms with Gasteiger partial charge in [-0.2, -0.15) is 0 Å². The Morgan fingerprint density at radius 2 is 2.15 bits per heavy atom. The molecule has 2 atom stereocenters. The average Bonchev–Trinajstić information content (AvgIpc) is 2.90. The minimum absolute atomic E-state index is 0.0230. The maximum atomic E-state index is 13.4. The summed E-state index contributed by atoms with van der Waals surface area (Å²) in [5.41, 5.74) is 1.98. The third-order valence-corrected chi connectivity index (χ3v) is 5.94. The molecule has 6 nitrogen and oxygen atoms in total. The molecular weight excluding hydrogens is 328 g/mol. The first-order chi connectivity index (χ1) is 12.5. The van der Waals surface area contributed by atoms with Crippen LogP contribution in [0.2, 0.25) is 0 Å². The van der Waals surface area contributed by atoms with Gasteiger partial charge in [-0.25, -0.2) is 4.98 Å². The number of aryl methyl sites for hydroxylation is 1. The number of likely N-dealkylation sites (tertiary alicyclic amines) is 1. The lowest BCUT2D eigenvalue weighted by Gasteiger charge is -2.41. The summed E-state index contributed by atoms with van der Waals surface area (Å²) in [6.07, 6.45) is 6.94. The van der Waals surface area contributed by atoms with Crippen molar-refractivity contribution in [2.45, 2.75) is 64.0 Å². The highest BCUT2D eigenvalue weighted by molar-refractivity contribution is 5.93. The smallest absolute Gasteiger partial charge is 0.274 e. The number of nitrogens with one attached hydrogen (secondary N) is 1. The summed E-state index contributed by atoms with van der Waals surface area (Å²) in [4.78, 5) is 32.0. The Morgan fingerprint density at radius 1 is 1.31 bits per heavy atom. The van der Waals surface area contributed by atoms with Crippen LogP contribution in [0, 0.1) is 6.92 Å². The second-order valence-electron chi connectivity index (χ2n) is 7.85. The summed E-state index contributed by atoms with van der Waals surface area (Å²) in [7, 11) is 0. The molecule has 2 aliphatic heterocycles. The number of carbonyl (C=O) groups is 2. The number of rotatable bonds is 1. The van der Waals surface area contributed by atoms with Crippen molar-refractivity contribution >= 4 is 17.5 Å². The van der Waals surface area contributed by atoms with E-state index in [2.05, 4.69) is 17.2 Å². The predicted octanol–water partition coefficient (Wildman–Crippen LogP) is 2.70. The van der Waals surface area contributed by atoms with Crippen molar-refractivity contribution in [1.82, 2.24) is 19.6 Å². The lowest BCUT2D eigenvalue weighted by atomic mass is 9.85. The number of carbonyl (C=O) groups excluding carboxylic acids is 2. The van der Waals surface area contributed by atoms with E-state index < -0.39 is 0 Å². The molecule has 0 aliphatic carbocycles. The fraction of sp³-hybridized carbons (Fsp3) is 0.550. The first kappa shape index (κ1) is 17.1. The highest BCUT2D eigenvalue weighted by Crippen LogP contribution is 2.33. The predicted molar refractivity (Wildman–Crippen MR) is 99.0 cm³/mol. The van der Waals surface area contributed by atoms with Gasteiger partial charge in [-0.15, -0.1) is 0 Å². The van der Waals surface area contributed by atoms with Crippen LogP contribution in [0.4, 0.5) is 0 Å². The van der Waals surface area contributed by atoms with Gasteiger partial charge in [-0.1, -0.05) is 6.07 Å². The van der Waals surface area contributed by atoms with E-state index in [0.717, 1.165) is 50.0 Å². The summed E-state index contributed by atoms with van der Waals surface area (Å²) >= 11 is 0. The van der Waals surface area contributed by atoms with Crippen LogP contribution < -0.4 is 5.32 Å². The molecule has 4 heterocycles. The Labute approximate surface area is 153 Å². The maximum Gasteiger partial charge on any atom is 0.274 e. The van der Waals surface area contributed by atoms with E-state index >= 15 is 0 Å². The number of fused-ring (bicyclic) bond motifs is 2. The zero-order valence-corrected chi connectivity index (χ0v) is 15.5. The molecule has 26 heavy (non-hydrogen) atoms. The Hall–Kier alpha value is -2.37. The molecule has 2 aromatic heterocycles. The summed E-state index contributed by atoms with van der Waals surface area (Å²) in [5, 5.41) is 3.21. The van der Waals surface area contributed by atoms with Gasteiger partial charge < -0.3 is 14.6 Å². The van der Waals surface area contributed by atoms with Crippen LogP contribution in [0.1, 0.15) is 61.6 Å². The molecule has 1 N–H and O–H groups in total. The van der Waals surface area contributed by atoms with Gasteiger partial charge >= 0.3 is 0 Å². The van der Waals surface area contributed by atoms with Crippen LogP contribution in [-0.2, 0) is 4.79 Å². The summed E-state index contributed by atoms with van der Waals surface area (Å²) in [6.45, 7) is 4.83. The Kier molecular flexibility index (Phi) is 4.21. The molecular formula is C20H26N4O2. The molecule has 2 aliphatic rings. The SMILES string of the molecule is Cc1cccc2nc(C(=O)N3CCCC[C@]4(C)NC(=O)CCC[C@H]34)cn12. The number of nitrogens with zero attached hydrogens (tertiary/aromatic N) is 3. The van der Waals surface area contributed by atoms with E-state index in [0.29, 0.717) is 12.1 Å². The third kappa shape index (κ3) is 2.87. The molecule has 6 heteroatoms. The molecule has 0 spiro atoms. The van der Waals surface area contributed by atoms with Crippen molar-refractivity contribution < 1.29 is 9.59 Å². The fourth-order valence-corrected chi connectivity index (χ4v) is 4.54. The van der Waals surface area contributed by atoms with Crippen LogP contribution in [0.5, 0.6) is 0 Å². The number of imidazole rings is 1.